The highest BCUT2D eigenvalue weighted by Gasteiger charge is 2.40. The van der Waals surface area contributed by atoms with E-state index in [0.29, 0.717) is 32.4 Å². The lowest BCUT2D eigenvalue weighted by Crippen LogP contribution is -2.40. The van der Waals surface area contributed by atoms with E-state index in [0.717, 1.165) is 24.8 Å². The molecular weight excluding hydrogens is 306 g/mol. The first-order chi connectivity index (χ1) is 11.6. The van der Waals surface area contributed by atoms with Crippen LogP contribution in [0.15, 0.2) is 22.6 Å². The van der Waals surface area contributed by atoms with Crippen molar-refractivity contribution in [3.63, 3.8) is 0 Å². The van der Waals surface area contributed by atoms with Gasteiger partial charge < -0.3 is 10.1 Å². The molecule has 7 heteroatoms. The van der Waals surface area contributed by atoms with Gasteiger partial charge in [-0.1, -0.05) is 0 Å². The van der Waals surface area contributed by atoms with Gasteiger partial charge >= 0.3 is 0 Å². The normalized spacial score (nSPS) is 23.8. The van der Waals surface area contributed by atoms with Crippen molar-refractivity contribution >= 4 is 5.91 Å². The number of ether oxygens (including phenoxy) is 1. The lowest BCUT2D eigenvalue weighted by Gasteiger charge is -2.27. The fourth-order valence-electron chi connectivity index (χ4n) is 3.13. The molecule has 1 saturated heterocycles. The molecule has 1 fully saturated rings. The van der Waals surface area contributed by atoms with E-state index < -0.39 is 11.3 Å². The summed E-state index contributed by atoms with van der Waals surface area (Å²) in [6.45, 7) is 1.17. The summed E-state index contributed by atoms with van der Waals surface area (Å²) < 4.78 is 7.73. The highest BCUT2D eigenvalue weighted by Crippen LogP contribution is 2.38. The van der Waals surface area contributed by atoms with Gasteiger partial charge in [0.1, 0.15) is 5.60 Å². The van der Waals surface area contributed by atoms with Gasteiger partial charge in [-0.3, -0.25) is 9.48 Å². The molecule has 1 aromatic heterocycles. The molecule has 0 aliphatic carbocycles. The molecule has 2 aliphatic rings. The maximum absolute atomic E-state index is 12.2. The fourth-order valence-corrected chi connectivity index (χ4v) is 3.13. The molecule has 0 saturated carbocycles. The van der Waals surface area contributed by atoms with Crippen LogP contribution >= 0.6 is 0 Å². The van der Waals surface area contributed by atoms with Crippen LogP contribution in [-0.2, 0) is 22.2 Å². The summed E-state index contributed by atoms with van der Waals surface area (Å²) in [5, 5.41) is 15.3. The molecule has 0 aromatic carbocycles. The summed E-state index contributed by atoms with van der Waals surface area (Å²) in [5.41, 5.74) is 0.147. The Bertz CT molecular complexity index is 661. The molecule has 1 N–H and O–H groups in total. The first-order valence-corrected chi connectivity index (χ1v) is 8.35. The van der Waals surface area contributed by atoms with Gasteiger partial charge in [0.15, 0.2) is 5.66 Å². The van der Waals surface area contributed by atoms with Gasteiger partial charge in [0, 0.05) is 51.1 Å². The monoisotopic (exact) mass is 329 g/mol. The molecule has 1 unspecified atom stereocenters. The fraction of sp³-hybridized carbons (Fsp3) is 0.647. The van der Waals surface area contributed by atoms with E-state index in [1.807, 2.05) is 19.4 Å². The van der Waals surface area contributed by atoms with E-state index in [1.54, 1.807) is 4.68 Å². The van der Waals surface area contributed by atoms with Gasteiger partial charge in [-0.15, -0.1) is 12.3 Å². The first-order valence-electron chi connectivity index (χ1n) is 8.35. The molecule has 0 spiro atoms. The summed E-state index contributed by atoms with van der Waals surface area (Å²) in [6.07, 6.45) is 13.3. The topological polar surface area (TPSA) is 80.9 Å². The number of rotatable bonds is 8. The van der Waals surface area contributed by atoms with E-state index in [2.05, 4.69) is 26.6 Å². The van der Waals surface area contributed by atoms with Crippen LogP contribution in [0.4, 0.5) is 0 Å². The Morgan fingerprint density at radius 2 is 2.33 bits per heavy atom. The number of hydrogen-bond donors (Lipinski definition) is 1. The van der Waals surface area contributed by atoms with Gasteiger partial charge in [-0.05, 0) is 12.8 Å². The van der Waals surface area contributed by atoms with E-state index in [9.17, 15) is 4.79 Å². The maximum atomic E-state index is 12.2. The zero-order chi connectivity index (χ0) is 17.0. The van der Waals surface area contributed by atoms with Crippen LogP contribution in [0.3, 0.4) is 0 Å². The van der Waals surface area contributed by atoms with Crippen molar-refractivity contribution in [2.45, 2.75) is 49.8 Å². The smallest absolute Gasteiger partial charge is 0.220 e. The highest BCUT2D eigenvalue weighted by molar-refractivity contribution is 5.76. The van der Waals surface area contributed by atoms with E-state index >= 15 is 0 Å². The minimum atomic E-state index is -0.459. The number of hydrogen-bond acceptors (Lipinski definition) is 5. The number of nitrogens with one attached hydrogen (secondary N) is 1. The number of aromatic nitrogens is 2. The third-order valence-electron chi connectivity index (χ3n) is 4.71. The number of carbonyl (C=O) groups excluding carboxylic acids is 1. The van der Waals surface area contributed by atoms with Crippen LogP contribution in [0.2, 0.25) is 0 Å². The van der Waals surface area contributed by atoms with Crippen molar-refractivity contribution in [2.75, 3.05) is 13.2 Å². The van der Waals surface area contributed by atoms with Gasteiger partial charge in [0.05, 0.1) is 12.7 Å². The Hall–Kier alpha value is -2.20. The molecule has 0 bridgehead atoms. The Morgan fingerprint density at radius 1 is 1.50 bits per heavy atom. The largest absolute Gasteiger partial charge is 0.368 e. The van der Waals surface area contributed by atoms with E-state index in [1.165, 1.54) is 0 Å². The van der Waals surface area contributed by atoms with Gasteiger partial charge in [-0.2, -0.15) is 15.3 Å². The maximum Gasteiger partial charge on any atom is 0.220 e. The highest BCUT2D eigenvalue weighted by atomic mass is 16.5. The predicted molar refractivity (Wildman–Crippen MR) is 88.0 cm³/mol. The molecule has 1 atom stereocenters. The molecule has 3 rings (SSSR count). The Kier molecular flexibility index (Phi) is 4.67. The van der Waals surface area contributed by atoms with Crippen molar-refractivity contribution in [3.05, 3.63) is 18.0 Å². The van der Waals surface area contributed by atoms with Crippen molar-refractivity contribution in [1.82, 2.24) is 15.1 Å². The summed E-state index contributed by atoms with van der Waals surface area (Å²) in [4.78, 5) is 12.2. The third-order valence-corrected chi connectivity index (χ3v) is 4.71. The van der Waals surface area contributed by atoms with Crippen LogP contribution in [0, 0.1) is 12.3 Å². The molecule has 24 heavy (non-hydrogen) atoms. The minimum absolute atomic E-state index is 0.00820. The van der Waals surface area contributed by atoms with E-state index in [-0.39, 0.29) is 5.91 Å². The molecule has 1 amide bonds. The number of amides is 1. The summed E-state index contributed by atoms with van der Waals surface area (Å²) in [7, 11) is 1.88. The second kappa shape index (κ2) is 6.73. The van der Waals surface area contributed by atoms with Gasteiger partial charge in [0.25, 0.3) is 0 Å². The first kappa shape index (κ1) is 16.7. The van der Waals surface area contributed by atoms with Crippen LogP contribution in [-0.4, -0.2) is 34.5 Å². The lowest BCUT2D eigenvalue weighted by molar-refractivity contribution is -0.123. The van der Waals surface area contributed by atoms with Crippen molar-refractivity contribution in [1.29, 1.82) is 0 Å². The van der Waals surface area contributed by atoms with Crippen molar-refractivity contribution < 1.29 is 9.53 Å². The summed E-state index contributed by atoms with van der Waals surface area (Å²) >= 11 is 0. The van der Waals surface area contributed by atoms with Crippen LogP contribution in [0.5, 0.6) is 0 Å². The average molecular weight is 329 g/mol. The molecular formula is C17H23N5O2. The molecule has 0 radical (unpaired) electrons. The number of aryl methyl sites for hydroxylation is 1. The lowest BCUT2D eigenvalue weighted by atomic mass is 9.93. The zero-order valence-corrected chi connectivity index (χ0v) is 14.0. The summed E-state index contributed by atoms with van der Waals surface area (Å²) in [5.74, 6) is 2.59. The zero-order valence-electron chi connectivity index (χ0n) is 14.0. The van der Waals surface area contributed by atoms with Crippen molar-refractivity contribution in [3.8, 4) is 12.3 Å². The Morgan fingerprint density at radius 3 is 2.92 bits per heavy atom. The standard InChI is InChI=1S/C17H23N5O2/c1-3-4-8-17(20-21-17)9-6-15(23)18-13-16(7-5-10-24-16)14-11-19-22(2)12-14/h1,11-12H,4-10,13H2,2H3,(H,18,23). The average Bonchev–Trinajstić information content (AvgIpc) is 2.97. The third kappa shape index (κ3) is 3.65. The summed E-state index contributed by atoms with van der Waals surface area (Å²) in [6, 6.07) is 0. The van der Waals surface area contributed by atoms with Crippen molar-refractivity contribution in [2.24, 2.45) is 17.3 Å². The Balaban J connectivity index is 1.50. The van der Waals surface area contributed by atoms with Crippen LogP contribution in [0.25, 0.3) is 0 Å². The van der Waals surface area contributed by atoms with Crippen LogP contribution in [0.1, 0.15) is 44.1 Å². The quantitative estimate of drug-likeness (QED) is 0.740. The number of terminal acetylenes is 1. The molecule has 128 valence electrons. The molecule has 2 aliphatic heterocycles. The predicted octanol–water partition coefficient (Wildman–Crippen LogP) is 1.90. The van der Waals surface area contributed by atoms with E-state index in [4.69, 9.17) is 11.2 Å². The molecule has 1 aromatic rings. The second-order valence-electron chi connectivity index (χ2n) is 6.51. The van der Waals surface area contributed by atoms with Gasteiger partial charge in [0.2, 0.25) is 5.91 Å². The molecule has 7 nitrogen and oxygen atoms in total. The van der Waals surface area contributed by atoms with Gasteiger partial charge in [-0.25, -0.2) is 0 Å². The molecule has 3 heterocycles. The SMILES string of the molecule is C#CCCC1(CCC(=O)NCC2(c3cnn(C)c3)CCCO2)N=N1. The number of nitrogens with zero attached hydrogens (tertiary/aromatic N) is 4. The minimum Gasteiger partial charge on any atom is -0.368 e. The number of carbonyl (C=O) groups is 1. The Labute approximate surface area is 141 Å². The second-order valence-corrected chi connectivity index (χ2v) is 6.51. The van der Waals surface area contributed by atoms with Crippen LogP contribution < -0.4 is 5.32 Å².